The number of benzene rings is 3. The van der Waals surface area contributed by atoms with Crippen LogP contribution in [0.25, 0.3) is 0 Å². The smallest absolute Gasteiger partial charge is 0.261 e. The van der Waals surface area contributed by atoms with Crippen molar-refractivity contribution in [1.29, 1.82) is 0 Å². The second-order valence-corrected chi connectivity index (χ2v) is 13.8. The van der Waals surface area contributed by atoms with Crippen LogP contribution in [0.1, 0.15) is 45.6 Å². The van der Waals surface area contributed by atoms with Crippen LogP contribution in [0.4, 0.5) is 0 Å². The molecule has 3 heteroatoms. The topological polar surface area (TPSA) is 18.5 Å². The van der Waals surface area contributed by atoms with E-state index in [0.29, 0.717) is 19.6 Å². The molecule has 2 nitrogen and oxygen atoms in total. The molecule has 0 aromatic heterocycles. The maximum Gasteiger partial charge on any atom is 0.261 e. The monoisotopic (exact) mass is 456 g/mol. The molecule has 0 N–H and O–H groups in total. The molecule has 0 saturated carbocycles. The Bertz CT molecular complexity index is 949. The van der Waals surface area contributed by atoms with Gasteiger partial charge in [0, 0.05) is 13.0 Å². The summed E-state index contributed by atoms with van der Waals surface area (Å²) in [6.45, 7) is 8.20. The third-order valence-corrected chi connectivity index (χ3v) is 11.1. The van der Waals surface area contributed by atoms with Crippen molar-refractivity contribution in [1.82, 2.24) is 0 Å². The van der Waals surface area contributed by atoms with Crippen molar-refractivity contribution in [2.24, 2.45) is 0 Å². The molecule has 1 atom stereocenters. The molecule has 0 heterocycles. The fourth-order valence-electron chi connectivity index (χ4n) is 4.46. The maximum absolute atomic E-state index is 6.99. The van der Waals surface area contributed by atoms with Crippen molar-refractivity contribution in [3.63, 3.8) is 0 Å². The summed E-state index contributed by atoms with van der Waals surface area (Å²) in [6.07, 6.45) is 8.08. The van der Waals surface area contributed by atoms with E-state index in [1.165, 1.54) is 15.9 Å². The normalized spacial score (nSPS) is 12.8. The predicted molar refractivity (Wildman–Crippen MR) is 141 cm³/mol. The van der Waals surface area contributed by atoms with Crippen LogP contribution in [0, 0.1) is 12.3 Å². The molecule has 3 aromatic carbocycles. The van der Waals surface area contributed by atoms with Crippen LogP contribution >= 0.6 is 0 Å². The van der Waals surface area contributed by atoms with Crippen LogP contribution in [-0.4, -0.2) is 21.0 Å². The highest BCUT2D eigenvalue weighted by Crippen LogP contribution is 2.36. The molecule has 3 rings (SSSR count). The van der Waals surface area contributed by atoms with Crippen LogP contribution in [-0.2, 0) is 15.8 Å². The van der Waals surface area contributed by atoms with Crippen LogP contribution in [0.15, 0.2) is 91.0 Å². The molecule has 0 fully saturated rings. The summed E-state index contributed by atoms with van der Waals surface area (Å²) in [5, 5.41) is 2.60. The van der Waals surface area contributed by atoms with Crippen molar-refractivity contribution in [2.75, 3.05) is 6.61 Å². The molecule has 0 aliphatic rings. The van der Waals surface area contributed by atoms with Gasteiger partial charge in [-0.1, -0.05) is 112 Å². The van der Waals surface area contributed by atoms with Gasteiger partial charge in [0.1, 0.15) is 0 Å². The van der Waals surface area contributed by atoms with Gasteiger partial charge in [0.05, 0.1) is 12.7 Å². The van der Waals surface area contributed by atoms with Gasteiger partial charge >= 0.3 is 0 Å². The predicted octanol–water partition coefficient (Wildman–Crippen LogP) is 5.95. The van der Waals surface area contributed by atoms with Gasteiger partial charge in [-0.05, 0) is 33.8 Å². The number of hydrogen-bond acceptors (Lipinski definition) is 2. The third kappa shape index (κ3) is 6.45. The quantitative estimate of drug-likeness (QED) is 0.202. The van der Waals surface area contributed by atoms with Gasteiger partial charge < -0.3 is 9.16 Å². The summed E-state index contributed by atoms with van der Waals surface area (Å²) in [4.78, 5) is 0. The number of hydrogen-bond donors (Lipinski definition) is 0. The zero-order chi connectivity index (χ0) is 23.6. The van der Waals surface area contributed by atoms with Crippen LogP contribution < -0.4 is 10.4 Å². The van der Waals surface area contributed by atoms with Crippen LogP contribution in [0.5, 0.6) is 0 Å². The zero-order valence-corrected chi connectivity index (χ0v) is 21.2. The Labute approximate surface area is 201 Å². The molecule has 0 saturated heterocycles. The second kappa shape index (κ2) is 12.0. The molecule has 0 bridgehead atoms. The first-order valence-corrected chi connectivity index (χ1v) is 13.7. The Hall–Kier alpha value is -2.64. The van der Waals surface area contributed by atoms with E-state index in [9.17, 15) is 0 Å². The molecule has 33 heavy (non-hydrogen) atoms. The number of terminal acetylenes is 1. The van der Waals surface area contributed by atoms with E-state index in [-0.39, 0.29) is 11.1 Å². The van der Waals surface area contributed by atoms with Crippen molar-refractivity contribution in [3.8, 4) is 12.3 Å². The van der Waals surface area contributed by atoms with Gasteiger partial charge in [0.2, 0.25) is 0 Å². The van der Waals surface area contributed by atoms with Gasteiger partial charge in [-0.2, -0.15) is 0 Å². The Balaban J connectivity index is 1.72. The number of rotatable bonds is 11. The molecule has 172 valence electrons. The first-order valence-electron chi connectivity index (χ1n) is 11.8. The van der Waals surface area contributed by atoms with E-state index in [4.69, 9.17) is 15.6 Å². The Morgan fingerprint density at radius 2 is 1.33 bits per heavy atom. The first-order chi connectivity index (χ1) is 16.0. The van der Waals surface area contributed by atoms with Crippen molar-refractivity contribution in [2.45, 2.75) is 57.8 Å². The highest BCUT2D eigenvalue weighted by molar-refractivity contribution is 6.99. The minimum atomic E-state index is -2.49. The van der Waals surface area contributed by atoms with Gasteiger partial charge in [-0.3, -0.25) is 0 Å². The van der Waals surface area contributed by atoms with E-state index in [0.717, 1.165) is 12.8 Å². The van der Waals surface area contributed by atoms with Gasteiger partial charge in [0.25, 0.3) is 8.32 Å². The van der Waals surface area contributed by atoms with Crippen LogP contribution in [0.3, 0.4) is 0 Å². The van der Waals surface area contributed by atoms with Crippen molar-refractivity contribution >= 4 is 18.7 Å². The molecule has 0 aliphatic carbocycles. The van der Waals surface area contributed by atoms with Crippen LogP contribution in [0.2, 0.25) is 5.04 Å². The molecular formula is C30H36O2Si. The minimum absolute atomic E-state index is 0.0161. The van der Waals surface area contributed by atoms with E-state index in [2.05, 4.69) is 99.5 Å². The maximum atomic E-state index is 6.99. The molecule has 0 radical (unpaired) electrons. The lowest BCUT2D eigenvalue weighted by molar-refractivity contribution is 0.0345. The van der Waals surface area contributed by atoms with E-state index in [1.54, 1.807) is 0 Å². The van der Waals surface area contributed by atoms with Gasteiger partial charge in [0.15, 0.2) is 0 Å². The van der Waals surface area contributed by atoms with E-state index < -0.39 is 8.32 Å². The Kier molecular flexibility index (Phi) is 9.09. The average Bonchev–Trinajstić information content (AvgIpc) is 2.83. The molecule has 0 spiro atoms. The summed E-state index contributed by atoms with van der Waals surface area (Å²) in [6, 6.07) is 31.8. The Morgan fingerprint density at radius 3 is 1.82 bits per heavy atom. The fraction of sp³-hybridized carbons (Fsp3) is 0.333. The summed E-state index contributed by atoms with van der Waals surface area (Å²) in [5.41, 5.74) is 1.17. The first kappa shape index (κ1) is 25.0. The third-order valence-electron chi connectivity index (χ3n) is 6.08. The molecule has 0 unspecified atom stereocenters. The lowest BCUT2D eigenvalue weighted by Crippen LogP contribution is -2.66. The van der Waals surface area contributed by atoms with Gasteiger partial charge in [-0.15, -0.1) is 12.3 Å². The SMILES string of the molecule is C#CC[C@H](CCCO[Si](c1ccccc1)(c1ccccc1)C(C)(C)C)OCc1ccccc1. The number of ether oxygens (including phenoxy) is 1. The van der Waals surface area contributed by atoms with Crippen molar-refractivity contribution < 1.29 is 9.16 Å². The fourth-order valence-corrected chi connectivity index (χ4v) is 9.07. The summed E-state index contributed by atoms with van der Waals surface area (Å²) >= 11 is 0. The molecule has 3 aromatic rings. The van der Waals surface area contributed by atoms with E-state index in [1.807, 2.05) is 18.2 Å². The lowest BCUT2D eigenvalue weighted by Gasteiger charge is -2.43. The second-order valence-electron chi connectivity index (χ2n) is 9.48. The molecular weight excluding hydrogens is 420 g/mol. The Morgan fingerprint density at radius 1 is 0.818 bits per heavy atom. The highest BCUT2D eigenvalue weighted by Gasteiger charge is 2.49. The average molecular weight is 457 g/mol. The summed E-state index contributed by atoms with van der Waals surface area (Å²) in [5.74, 6) is 2.78. The largest absolute Gasteiger partial charge is 0.407 e. The summed E-state index contributed by atoms with van der Waals surface area (Å²) < 4.78 is 13.1. The zero-order valence-electron chi connectivity index (χ0n) is 20.2. The lowest BCUT2D eigenvalue weighted by atomic mass is 10.1. The van der Waals surface area contributed by atoms with E-state index >= 15 is 0 Å². The summed E-state index contributed by atoms with van der Waals surface area (Å²) in [7, 11) is -2.49. The standard InChI is InChI=1S/C30H36O2Si/c1-5-16-27(31-25-26-17-9-6-10-18-26)19-15-24-32-33(30(2,3)4,28-20-11-7-12-21-28)29-22-13-8-14-23-29/h1,6-14,17-18,20-23,27H,15-16,19,24-25H2,2-4H3/t27-/m1/s1. The van der Waals surface area contributed by atoms with Crippen molar-refractivity contribution in [3.05, 3.63) is 96.6 Å². The van der Waals surface area contributed by atoms with Gasteiger partial charge in [-0.25, -0.2) is 0 Å². The molecule has 0 aliphatic heterocycles. The highest BCUT2D eigenvalue weighted by atomic mass is 28.4. The molecule has 0 amide bonds. The minimum Gasteiger partial charge on any atom is -0.407 e.